The third kappa shape index (κ3) is 2.72. The van der Waals surface area contributed by atoms with E-state index in [2.05, 4.69) is 21.9 Å². The summed E-state index contributed by atoms with van der Waals surface area (Å²) in [5.74, 6) is 1.95. The fourth-order valence-electron chi connectivity index (χ4n) is 1.66. The van der Waals surface area contributed by atoms with Crippen LogP contribution in [0.3, 0.4) is 0 Å². The number of hydrogen-bond acceptors (Lipinski definition) is 3. The second-order valence-corrected chi connectivity index (χ2v) is 4.36. The lowest BCUT2D eigenvalue weighted by molar-refractivity contribution is 0.797. The highest BCUT2D eigenvalue weighted by Crippen LogP contribution is 2.37. The van der Waals surface area contributed by atoms with Gasteiger partial charge in [-0.25, -0.2) is 4.98 Å². The predicted octanol–water partition coefficient (Wildman–Crippen LogP) is 2.02. The van der Waals surface area contributed by atoms with E-state index in [9.17, 15) is 4.79 Å². The third-order valence-electron chi connectivity index (χ3n) is 2.64. The minimum atomic E-state index is -0.0785. The summed E-state index contributed by atoms with van der Waals surface area (Å²) in [6, 6.07) is 1.75. The molecular weight excluding hydrogens is 202 g/mol. The van der Waals surface area contributed by atoms with Crippen LogP contribution in [0.1, 0.15) is 37.9 Å². The molecule has 0 aliphatic heterocycles. The number of nitrogens with zero attached hydrogens (tertiary/aromatic N) is 1. The monoisotopic (exact) mass is 219 g/mol. The third-order valence-corrected chi connectivity index (χ3v) is 2.64. The Kier molecular flexibility index (Phi) is 3.08. The molecular formula is C12H17N3O. The summed E-state index contributed by atoms with van der Waals surface area (Å²) in [6.07, 6.45) is 4.98. The van der Waals surface area contributed by atoms with Crippen molar-refractivity contribution in [2.24, 2.45) is 0 Å². The van der Waals surface area contributed by atoms with E-state index in [4.69, 9.17) is 0 Å². The lowest BCUT2D eigenvalue weighted by Gasteiger charge is -2.12. The molecule has 0 bridgehead atoms. The molecule has 1 saturated carbocycles. The Bertz CT molecular complexity index is 434. The quantitative estimate of drug-likeness (QED) is 0.745. The zero-order valence-corrected chi connectivity index (χ0v) is 9.49. The fraction of sp³-hybridized carbons (Fsp3) is 0.500. The molecule has 0 saturated heterocycles. The molecule has 0 amide bonds. The lowest BCUT2D eigenvalue weighted by atomic mass is 10.2. The van der Waals surface area contributed by atoms with E-state index in [1.54, 1.807) is 0 Å². The van der Waals surface area contributed by atoms with Crippen LogP contribution in [0.4, 0.5) is 5.82 Å². The number of H-pyrrole nitrogens is 1. The van der Waals surface area contributed by atoms with E-state index >= 15 is 0 Å². The summed E-state index contributed by atoms with van der Waals surface area (Å²) in [6.45, 7) is 5.73. The van der Waals surface area contributed by atoms with Gasteiger partial charge in [0.25, 0.3) is 5.56 Å². The van der Waals surface area contributed by atoms with Crippen molar-refractivity contribution >= 4 is 5.82 Å². The highest BCUT2D eigenvalue weighted by Gasteiger charge is 2.26. The fourth-order valence-corrected chi connectivity index (χ4v) is 1.66. The van der Waals surface area contributed by atoms with Crippen molar-refractivity contribution in [1.29, 1.82) is 0 Å². The Labute approximate surface area is 94.8 Å². The Morgan fingerprint density at radius 1 is 1.75 bits per heavy atom. The zero-order valence-electron chi connectivity index (χ0n) is 9.49. The van der Waals surface area contributed by atoms with Crippen LogP contribution in [0.15, 0.2) is 23.5 Å². The highest BCUT2D eigenvalue weighted by atomic mass is 16.1. The van der Waals surface area contributed by atoms with E-state index in [0.717, 1.165) is 25.1 Å². The van der Waals surface area contributed by atoms with Crippen molar-refractivity contribution in [2.45, 2.75) is 38.1 Å². The van der Waals surface area contributed by atoms with Crippen LogP contribution < -0.4 is 10.9 Å². The van der Waals surface area contributed by atoms with Crippen LogP contribution >= 0.6 is 0 Å². The second kappa shape index (κ2) is 4.51. The molecule has 2 N–H and O–H groups in total. The average molecular weight is 219 g/mol. The Morgan fingerprint density at radius 2 is 2.50 bits per heavy atom. The molecule has 2 rings (SSSR count). The van der Waals surface area contributed by atoms with Gasteiger partial charge in [-0.3, -0.25) is 4.79 Å². The van der Waals surface area contributed by atoms with Crippen LogP contribution in [0, 0.1) is 0 Å². The predicted molar refractivity (Wildman–Crippen MR) is 64.7 cm³/mol. The average Bonchev–Trinajstić information content (AvgIpc) is 2.99. The van der Waals surface area contributed by atoms with Crippen molar-refractivity contribution in [3.8, 4) is 0 Å². The number of anilines is 1. The Hall–Kier alpha value is -1.58. The van der Waals surface area contributed by atoms with Gasteiger partial charge in [0.2, 0.25) is 0 Å². The number of hydrogen-bond donors (Lipinski definition) is 2. The Balaban J connectivity index is 2.13. The van der Waals surface area contributed by atoms with Crippen molar-refractivity contribution in [2.75, 3.05) is 5.32 Å². The summed E-state index contributed by atoms with van der Waals surface area (Å²) in [4.78, 5) is 18.6. The molecule has 1 fully saturated rings. The smallest absolute Gasteiger partial charge is 0.252 e. The van der Waals surface area contributed by atoms with E-state index in [1.807, 2.05) is 13.0 Å². The van der Waals surface area contributed by atoms with E-state index in [0.29, 0.717) is 11.7 Å². The van der Waals surface area contributed by atoms with Crippen molar-refractivity contribution < 1.29 is 0 Å². The molecule has 1 aliphatic rings. The van der Waals surface area contributed by atoms with Gasteiger partial charge in [-0.1, -0.05) is 6.08 Å². The number of rotatable bonds is 5. The van der Waals surface area contributed by atoms with E-state index in [1.165, 1.54) is 6.07 Å². The molecule has 4 heteroatoms. The molecule has 86 valence electrons. The minimum Gasteiger partial charge on any atom is -0.367 e. The van der Waals surface area contributed by atoms with Gasteiger partial charge in [0.05, 0.1) is 0 Å². The van der Waals surface area contributed by atoms with Crippen LogP contribution in [0.5, 0.6) is 0 Å². The molecule has 0 radical (unpaired) electrons. The first-order valence-electron chi connectivity index (χ1n) is 5.67. The first-order chi connectivity index (χ1) is 7.69. The van der Waals surface area contributed by atoms with Gasteiger partial charge >= 0.3 is 0 Å². The molecule has 16 heavy (non-hydrogen) atoms. The van der Waals surface area contributed by atoms with Crippen LogP contribution in [0.25, 0.3) is 0 Å². The summed E-state index contributed by atoms with van der Waals surface area (Å²) in [5, 5.41) is 3.20. The van der Waals surface area contributed by atoms with Gasteiger partial charge in [0.15, 0.2) is 0 Å². The minimum absolute atomic E-state index is 0.0785. The van der Waals surface area contributed by atoms with Crippen molar-refractivity contribution in [1.82, 2.24) is 9.97 Å². The number of nitrogens with one attached hydrogen (secondary N) is 2. The topological polar surface area (TPSA) is 57.8 Å². The van der Waals surface area contributed by atoms with Gasteiger partial charge in [-0.2, -0.15) is 0 Å². The number of aromatic nitrogens is 2. The number of aromatic amines is 1. The van der Waals surface area contributed by atoms with Gasteiger partial charge in [-0.15, -0.1) is 6.58 Å². The highest BCUT2D eigenvalue weighted by molar-refractivity contribution is 5.35. The molecule has 4 nitrogen and oxygen atoms in total. The van der Waals surface area contributed by atoms with Gasteiger partial charge in [0.1, 0.15) is 11.6 Å². The summed E-state index contributed by atoms with van der Waals surface area (Å²) in [7, 11) is 0. The first kappa shape index (κ1) is 10.9. The molecule has 1 aliphatic carbocycles. The summed E-state index contributed by atoms with van der Waals surface area (Å²) in [5.41, 5.74) is -0.0785. The van der Waals surface area contributed by atoms with Crippen LogP contribution in [-0.4, -0.2) is 16.0 Å². The normalized spacial score (nSPS) is 16.8. The molecule has 1 unspecified atom stereocenters. The summed E-state index contributed by atoms with van der Waals surface area (Å²) < 4.78 is 0. The maximum Gasteiger partial charge on any atom is 0.252 e. The SMILES string of the molecule is C=CCC(C)Nc1cc(=O)[nH]c(C2CC2)n1. The maximum atomic E-state index is 11.4. The lowest BCUT2D eigenvalue weighted by Crippen LogP contribution is -2.19. The Morgan fingerprint density at radius 3 is 3.12 bits per heavy atom. The van der Waals surface area contributed by atoms with Crippen molar-refractivity contribution in [3.05, 3.63) is 34.9 Å². The molecule has 1 heterocycles. The molecule has 1 aromatic heterocycles. The van der Waals surface area contributed by atoms with Gasteiger partial charge in [-0.05, 0) is 26.2 Å². The zero-order chi connectivity index (χ0) is 11.5. The van der Waals surface area contributed by atoms with Crippen LogP contribution in [0.2, 0.25) is 0 Å². The standard InChI is InChI=1S/C12H17N3O/c1-3-4-8(2)13-10-7-11(16)15-12(14-10)9-5-6-9/h3,7-9H,1,4-6H2,2H3,(H2,13,14,15,16). The molecule has 1 aromatic rings. The molecule has 0 spiro atoms. The summed E-state index contributed by atoms with van der Waals surface area (Å²) >= 11 is 0. The molecule has 0 aromatic carbocycles. The van der Waals surface area contributed by atoms with Gasteiger partial charge in [0, 0.05) is 18.0 Å². The maximum absolute atomic E-state index is 11.4. The van der Waals surface area contributed by atoms with Crippen LogP contribution in [-0.2, 0) is 0 Å². The largest absolute Gasteiger partial charge is 0.367 e. The molecule has 1 atom stereocenters. The first-order valence-corrected chi connectivity index (χ1v) is 5.67. The van der Waals surface area contributed by atoms with Crippen molar-refractivity contribution in [3.63, 3.8) is 0 Å². The van der Waals surface area contributed by atoms with E-state index in [-0.39, 0.29) is 11.6 Å². The van der Waals surface area contributed by atoms with Gasteiger partial charge < -0.3 is 10.3 Å². The van der Waals surface area contributed by atoms with E-state index < -0.39 is 0 Å². The second-order valence-electron chi connectivity index (χ2n) is 4.36.